The van der Waals surface area contributed by atoms with Crippen molar-refractivity contribution in [2.75, 3.05) is 39.3 Å². The van der Waals surface area contributed by atoms with Crippen molar-refractivity contribution in [3.8, 4) is 23.0 Å². The van der Waals surface area contributed by atoms with Crippen LogP contribution in [0.2, 0.25) is 10.0 Å². The van der Waals surface area contributed by atoms with Crippen molar-refractivity contribution in [3.63, 3.8) is 0 Å². The van der Waals surface area contributed by atoms with Crippen LogP contribution in [0.5, 0.6) is 23.0 Å². The first-order valence-corrected chi connectivity index (χ1v) is 17.6. The van der Waals surface area contributed by atoms with Gasteiger partial charge in [0.25, 0.3) is 10.0 Å². The molecule has 2 amide bonds. The summed E-state index contributed by atoms with van der Waals surface area (Å²) in [7, 11) is 1.17. The smallest absolute Gasteiger partial charge is 0.265 e. The molecule has 1 fully saturated rings. The van der Waals surface area contributed by atoms with Gasteiger partial charge in [-0.15, -0.1) is 0 Å². The number of carbonyl (C=O) groups excluding carboxylic acids is 2. The molecular formula is C34H41Cl2N3O8S. The average molecular weight is 723 g/mol. The molecule has 11 nitrogen and oxygen atoms in total. The summed E-state index contributed by atoms with van der Waals surface area (Å²) < 4.78 is 51.5. The third-order valence-electron chi connectivity index (χ3n) is 8.35. The first-order chi connectivity index (χ1) is 22.9. The highest BCUT2D eigenvalue weighted by molar-refractivity contribution is 7.92. The van der Waals surface area contributed by atoms with E-state index in [1.165, 1.54) is 57.6 Å². The molecule has 1 aliphatic carbocycles. The number of sulfonamides is 1. The summed E-state index contributed by atoms with van der Waals surface area (Å²) in [6.07, 6.45) is 4.83. The van der Waals surface area contributed by atoms with Crippen molar-refractivity contribution < 1.29 is 37.0 Å². The fraction of sp³-hybridized carbons (Fsp3) is 0.412. The topological polar surface area (TPSA) is 124 Å². The van der Waals surface area contributed by atoms with Crippen molar-refractivity contribution in [2.45, 2.75) is 62.6 Å². The molecule has 0 aliphatic heterocycles. The van der Waals surface area contributed by atoms with Gasteiger partial charge in [0, 0.05) is 34.8 Å². The van der Waals surface area contributed by atoms with E-state index in [1.807, 2.05) is 0 Å². The maximum absolute atomic E-state index is 14.5. The van der Waals surface area contributed by atoms with Gasteiger partial charge < -0.3 is 29.2 Å². The van der Waals surface area contributed by atoms with Crippen molar-refractivity contribution >= 4 is 50.7 Å². The number of hydrogen-bond acceptors (Lipinski definition) is 8. The fourth-order valence-electron chi connectivity index (χ4n) is 5.59. The lowest BCUT2D eigenvalue weighted by Gasteiger charge is -2.33. The fourth-order valence-corrected chi connectivity index (χ4v) is 7.49. The van der Waals surface area contributed by atoms with E-state index >= 15 is 0 Å². The normalized spacial score (nSPS) is 14.1. The Hall–Kier alpha value is -3.87. The summed E-state index contributed by atoms with van der Waals surface area (Å²) in [6.45, 7) is 0.819. The zero-order valence-electron chi connectivity index (χ0n) is 27.6. The maximum Gasteiger partial charge on any atom is 0.265 e. The third kappa shape index (κ3) is 8.58. The van der Waals surface area contributed by atoms with Crippen LogP contribution in [0.15, 0.2) is 59.5 Å². The number of ether oxygens (including phenoxy) is 4. The lowest BCUT2D eigenvalue weighted by Crippen LogP contribution is -2.53. The van der Waals surface area contributed by atoms with Crippen LogP contribution >= 0.6 is 23.2 Å². The number of halogens is 2. The molecular weight excluding hydrogens is 681 g/mol. The zero-order valence-corrected chi connectivity index (χ0v) is 30.0. The monoisotopic (exact) mass is 721 g/mol. The van der Waals surface area contributed by atoms with Gasteiger partial charge >= 0.3 is 0 Å². The zero-order chi connectivity index (χ0) is 35.0. The second kappa shape index (κ2) is 16.5. The number of benzene rings is 3. The molecule has 1 saturated carbocycles. The number of carbonyl (C=O) groups is 2. The number of nitrogens with one attached hydrogen (secondary N) is 1. The van der Waals surface area contributed by atoms with Crippen molar-refractivity contribution in [1.82, 2.24) is 10.2 Å². The Morgan fingerprint density at radius 1 is 0.854 bits per heavy atom. The molecule has 14 heteroatoms. The Bertz CT molecular complexity index is 1720. The lowest BCUT2D eigenvalue weighted by molar-refractivity contribution is -0.139. The predicted octanol–water partition coefficient (Wildman–Crippen LogP) is 6.09. The highest BCUT2D eigenvalue weighted by Gasteiger charge is 2.35. The minimum absolute atomic E-state index is 0.00672. The molecule has 3 aromatic carbocycles. The van der Waals surface area contributed by atoms with Crippen LogP contribution in [-0.4, -0.2) is 72.2 Å². The summed E-state index contributed by atoms with van der Waals surface area (Å²) in [5, 5.41) is 3.78. The Morgan fingerprint density at radius 3 is 2.15 bits per heavy atom. The van der Waals surface area contributed by atoms with E-state index in [1.54, 1.807) is 37.3 Å². The second-order valence-electron chi connectivity index (χ2n) is 11.3. The van der Waals surface area contributed by atoms with Gasteiger partial charge in [-0.2, -0.15) is 0 Å². The Kier molecular flexibility index (Phi) is 12.7. The van der Waals surface area contributed by atoms with Gasteiger partial charge in [-0.1, -0.05) is 48.5 Å². The summed E-state index contributed by atoms with van der Waals surface area (Å²) in [5.74, 6) is -0.0232. The van der Waals surface area contributed by atoms with Gasteiger partial charge in [-0.25, -0.2) is 8.42 Å². The van der Waals surface area contributed by atoms with Crippen LogP contribution in [0, 0.1) is 0 Å². The summed E-state index contributed by atoms with van der Waals surface area (Å²) >= 11 is 12.7. The summed E-state index contributed by atoms with van der Waals surface area (Å²) in [5.41, 5.74) is 0.573. The van der Waals surface area contributed by atoms with Crippen LogP contribution < -0.4 is 28.6 Å². The van der Waals surface area contributed by atoms with Crippen LogP contribution in [0.25, 0.3) is 0 Å². The Balaban J connectivity index is 1.80. The Labute approximate surface area is 292 Å². The van der Waals surface area contributed by atoms with Gasteiger partial charge in [-0.05, 0) is 61.7 Å². The number of rotatable bonds is 14. The number of methoxy groups -OCH3 is 4. The predicted molar refractivity (Wildman–Crippen MR) is 185 cm³/mol. The molecule has 1 aliphatic rings. The lowest BCUT2D eigenvalue weighted by atomic mass is 9.95. The van der Waals surface area contributed by atoms with E-state index in [0.29, 0.717) is 27.1 Å². The number of hydrogen-bond donors (Lipinski definition) is 1. The molecule has 0 radical (unpaired) electrons. The minimum Gasteiger partial charge on any atom is -0.497 e. The van der Waals surface area contributed by atoms with Gasteiger partial charge in [0.2, 0.25) is 11.8 Å². The van der Waals surface area contributed by atoms with Crippen LogP contribution in [0.1, 0.15) is 44.6 Å². The first-order valence-electron chi connectivity index (χ1n) is 15.4. The highest BCUT2D eigenvalue weighted by atomic mass is 35.5. The number of nitrogens with zero attached hydrogens (tertiary/aromatic N) is 2. The third-order valence-corrected chi connectivity index (χ3v) is 10.7. The number of amides is 2. The molecule has 1 N–H and O–H groups in total. The van der Waals surface area contributed by atoms with E-state index in [0.717, 1.165) is 36.4 Å². The summed E-state index contributed by atoms with van der Waals surface area (Å²) in [6, 6.07) is 12.6. The van der Waals surface area contributed by atoms with E-state index in [4.69, 9.17) is 42.1 Å². The second-order valence-corrected chi connectivity index (χ2v) is 14.0. The van der Waals surface area contributed by atoms with Gasteiger partial charge in [-0.3, -0.25) is 13.9 Å². The molecule has 260 valence electrons. The van der Waals surface area contributed by atoms with Crippen molar-refractivity contribution in [1.29, 1.82) is 0 Å². The molecule has 0 spiro atoms. The maximum atomic E-state index is 14.5. The van der Waals surface area contributed by atoms with Crippen molar-refractivity contribution in [3.05, 3.63) is 70.2 Å². The molecule has 1 atom stereocenters. The molecule has 0 saturated heterocycles. The van der Waals surface area contributed by atoms with E-state index in [2.05, 4.69) is 5.32 Å². The van der Waals surface area contributed by atoms with E-state index in [9.17, 15) is 18.0 Å². The molecule has 48 heavy (non-hydrogen) atoms. The quantitative estimate of drug-likeness (QED) is 0.212. The minimum atomic E-state index is -4.48. The molecule has 0 unspecified atom stereocenters. The van der Waals surface area contributed by atoms with Crippen LogP contribution in [-0.2, 0) is 26.2 Å². The van der Waals surface area contributed by atoms with Gasteiger partial charge in [0.05, 0.1) is 39.0 Å². The molecule has 0 bridgehead atoms. The van der Waals surface area contributed by atoms with Crippen LogP contribution in [0.4, 0.5) is 5.69 Å². The first kappa shape index (κ1) is 37.0. The van der Waals surface area contributed by atoms with Gasteiger partial charge in [0.15, 0.2) is 11.5 Å². The SMILES string of the molecule is COc1ccc(OC)c(N(CC(=O)N(Cc2ccc(Cl)cc2Cl)[C@@H](C)C(=O)NC2CCCCC2)S(=O)(=O)c2ccc(OC)c(OC)c2)c1. The average Bonchev–Trinajstić information content (AvgIpc) is 3.09. The Morgan fingerprint density at radius 2 is 1.52 bits per heavy atom. The van der Waals surface area contributed by atoms with E-state index in [-0.39, 0.29) is 40.6 Å². The van der Waals surface area contributed by atoms with Crippen molar-refractivity contribution in [2.24, 2.45) is 0 Å². The molecule has 4 rings (SSSR count). The molecule has 3 aromatic rings. The molecule has 0 aromatic heterocycles. The standard InChI is InChI=1S/C34H41Cl2N3O8S/c1-22(34(41)37-25-9-7-6-8-10-25)38(20-23-11-12-24(35)17-28(23)36)33(40)21-39(29-18-26(44-2)13-15-30(29)45-3)48(42,43)27-14-16-31(46-4)32(19-27)47-5/h11-19,22,25H,6-10,20-21H2,1-5H3,(H,37,41)/t22-/m0/s1. The number of anilines is 1. The highest BCUT2D eigenvalue weighted by Crippen LogP contribution is 2.38. The van der Waals surface area contributed by atoms with Crippen LogP contribution in [0.3, 0.4) is 0 Å². The molecule has 0 heterocycles. The summed E-state index contributed by atoms with van der Waals surface area (Å²) in [4.78, 5) is 29.2. The van der Waals surface area contributed by atoms with Gasteiger partial charge in [0.1, 0.15) is 24.1 Å². The largest absolute Gasteiger partial charge is 0.497 e. The van der Waals surface area contributed by atoms with E-state index < -0.39 is 28.5 Å².